The number of hydrogen-bond acceptors (Lipinski definition) is 7. The van der Waals surface area contributed by atoms with Crippen LogP contribution in [0.5, 0.6) is 5.75 Å². The van der Waals surface area contributed by atoms with Crippen LogP contribution in [0.1, 0.15) is 73.9 Å². The average Bonchev–Trinajstić information content (AvgIpc) is 3.25. The minimum atomic E-state index is -0.442. The number of morpholine rings is 1. The zero-order valence-electron chi connectivity index (χ0n) is 28.5. The van der Waals surface area contributed by atoms with Crippen LogP contribution in [0.3, 0.4) is 0 Å². The van der Waals surface area contributed by atoms with E-state index in [4.69, 9.17) is 25.8 Å². The Morgan fingerprint density at radius 3 is 2.82 bits per heavy atom. The van der Waals surface area contributed by atoms with Gasteiger partial charge in [0, 0.05) is 42.4 Å². The fourth-order valence-corrected chi connectivity index (χ4v) is 9.24. The van der Waals surface area contributed by atoms with Gasteiger partial charge in [0.25, 0.3) is 5.91 Å². The lowest BCUT2D eigenvalue weighted by Crippen LogP contribution is -2.50. The summed E-state index contributed by atoms with van der Waals surface area (Å²) >= 11 is 7.71. The van der Waals surface area contributed by atoms with E-state index in [0.29, 0.717) is 62.9 Å². The van der Waals surface area contributed by atoms with Gasteiger partial charge in [0.05, 0.1) is 36.6 Å². The zero-order chi connectivity index (χ0) is 34.1. The van der Waals surface area contributed by atoms with Crippen molar-refractivity contribution in [1.29, 1.82) is 0 Å². The van der Waals surface area contributed by atoms with E-state index in [1.165, 1.54) is 11.9 Å². The highest BCUT2D eigenvalue weighted by molar-refractivity contribution is 7.98. The standard InChI is InChI=1S/C38H47ClFN3O5S/c1-24-5-3-6-25(2)49-41-37(45)26-9-13-33-32(19-26)43(22-38(23-48-33)14-4-7-29-30(38)11-12-31(39)35(29)40)20-27-8-10-28(27)36(24)47-21-34(44)42-15-17-46-18-16-42/h5,9,11-13,19,25,27-28,36H,3-4,6-8,10,14-18,20-23H2,1-2H3,(H,41,45)/b24-5+/t25?,27-,28?,36?,38?/m0/s1. The SMILES string of the molecule is C/C1=C\CCC(C)SNC(=O)c2ccc3c(c2)N(C[C@@H]2CCC2C1OCC(=O)N1CCOCC1)CC1(CCCc2c1ccc(Cl)c2F)CO3. The van der Waals surface area contributed by atoms with Crippen molar-refractivity contribution in [1.82, 2.24) is 9.62 Å². The number of ether oxygens (including phenoxy) is 3. The summed E-state index contributed by atoms with van der Waals surface area (Å²) in [4.78, 5) is 30.8. The van der Waals surface area contributed by atoms with Crippen molar-refractivity contribution >= 4 is 41.1 Å². The molecule has 2 aromatic carbocycles. The number of benzene rings is 2. The molecule has 0 aromatic heterocycles. The molecule has 0 radical (unpaired) electrons. The molecule has 3 aliphatic heterocycles. The Labute approximate surface area is 298 Å². The van der Waals surface area contributed by atoms with Gasteiger partial charge in [0.15, 0.2) is 0 Å². The zero-order valence-corrected chi connectivity index (χ0v) is 30.1. The molecule has 1 N–H and O–H groups in total. The van der Waals surface area contributed by atoms with Gasteiger partial charge in [-0.05, 0) is 117 Å². The largest absolute Gasteiger partial charge is 0.490 e. The Balaban J connectivity index is 1.23. The number of nitrogens with one attached hydrogen (secondary N) is 1. The number of anilines is 1. The number of rotatable bonds is 3. The maximum atomic E-state index is 15.4. The van der Waals surface area contributed by atoms with Crippen LogP contribution in [0, 0.1) is 17.7 Å². The van der Waals surface area contributed by atoms with Crippen LogP contribution in [-0.4, -0.2) is 80.7 Å². The van der Waals surface area contributed by atoms with Crippen LogP contribution in [0.15, 0.2) is 42.0 Å². The van der Waals surface area contributed by atoms with Crippen LogP contribution < -0.4 is 14.4 Å². The van der Waals surface area contributed by atoms with Crippen LogP contribution in [-0.2, 0) is 26.1 Å². The Morgan fingerprint density at radius 1 is 1.18 bits per heavy atom. The Morgan fingerprint density at radius 2 is 2.02 bits per heavy atom. The molecule has 4 unspecified atom stereocenters. The van der Waals surface area contributed by atoms with Gasteiger partial charge in [-0.25, -0.2) is 4.39 Å². The average molecular weight is 712 g/mol. The molecule has 2 amide bonds. The highest BCUT2D eigenvalue weighted by Crippen LogP contribution is 2.48. The van der Waals surface area contributed by atoms with Crippen molar-refractivity contribution in [3.63, 3.8) is 0 Å². The quantitative estimate of drug-likeness (QED) is 0.280. The lowest BCUT2D eigenvalue weighted by molar-refractivity contribution is -0.143. The second-order valence-corrected chi connectivity index (χ2v) is 16.1. The molecule has 2 fully saturated rings. The molecule has 5 atom stereocenters. The van der Waals surface area contributed by atoms with Crippen LogP contribution in [0.2, 0.25) is 5.02 Å². The smallest absolute Gasteiger partial charge is 0.261 e. The van der Waals surface area contributed by atoms with Gasteiger partial charge in [-0.1, -0.05) is 30.7 Å². The molecule has 1 saturated heterocycles. The summed E-state index contributed by atoms with van der Waals surface area (Å²) in [7, 11) is 0. The highest BCUT2D eigenvalue weighted by atomic mass is 35.5. The molecule has 1 spiro atoms. The Kier molecular flexibility index (Phi) is 10.5. The van der Waals surface area contributed by atoms with E-state index in [1.807, 2.05) is 29.2 Å². The molecule has 2 bridgehead atoms. The molecule has 264 valence electrons. The number of nitrogens with zero attached hydrogens (tertiary/aromatic N) is 2. The third kappa shape index (κ3) is 7.21. The predicted octanol–water partition coefficient (Wildman–Crippen LogP) is 6.73. The number of halogens is 2. The van der Waals surface area contributed by atoms with Gasteiger partial charge >= 0.3 is 0 Å². The summed E-state index contributed by atoms with van der Waals surface area (Å²) in [6.45, 7) is 8.39. The predicted molar refractivity (Wildman–Crippen MR) is 191 cm³/mol. The molecule has 5 aliphatic rings. The second kappa shape index (κ2) is 14.8. The van der Waals surface area contributed by atoms with Crippen LogP contribution in [0.4, 0.5) is 10.1 Å². The third-order valence-corrected chi connectivity index (χ3v) is 12.6. The first-order chi connectivity index (χ1) is 23.7. The molecule has 2 aliphatic carbocycles. The van der Waals surface area contributed by atoms with Crippen LogP contribution >= 0.6 is 23.5 Å². The molecule has 1 saturated carbocycles. The highest BCUT2D eigenvalue weighted by Gasteiger charge is 2.45. The maximum Gasteiger partial charge on any atom is 0.261 e. The van der Waals surface area contributed by atoms with Crippen molar-refractivity contribution in [2.45, 2.75) is 75.6 Å². The Hall–Kier alpha value is -2.79. The van der Waals surface area contributed by atoms with Crippen molar-refractivity contribution in [2.24, 2.45) is 11.8 Å². The normalized spacial score (nSPS) is 30.1. The van der Waals surface area contributed by atoms with E-state index in [1.54, 1.807) is 6.07 Å². The van der Waals surface area contributed by atoms with E-state index in [9.17, 15) is 9.59 Å². The second-order valence-electron chi connectivity index (χ2n) is 14.5. The molecule has 11 heteroatoms. The van der Waals surface area contributed by atoms with Crippen molar-refractivity contribution in [3.05, 3.63) is 69.5 Å². The first kappa shape index (κ1) is 34.6. The molecule has 8 nitrogen and oxygen atoms in total. The monoisotopic (exact) mass is 711 g/mol. The van der Waals surface area contributed by atoms with E-state index < -0.39 is 5.41 Å². The number of allylic oxidation sites excluding steroid dienone is 1. The summed E-state index contributed by atoms with van der Waals surface area (Å²) in [6, 6.07) is 9.37. The van der Waals surface area contributed by atoms with Crippen molar-refractivity contribution < 1.29 is 28.2 Å². The number of carbonyl (C=O) groups is 2. The summed E-state index contributed by atoms with van der Waals surface area (Å²) in [5.41, 5.74) is 3.84. The summed E-state index contributed by atoms with van der Waals surface area (Å²) in [5.74, 6) is 0.811. The molecular formula is C38H47ClFN3O5S. The molecule has 2 aromatic rings. The molecule has 49 heavy (non-hydrogen) atoms. The van der Waals surface area contributed by atoms with Crippen molar-refractivity contribution in [2.75, 3.05) is 57.5 Å². The maximum absolute atomic E-state index is 15.4. The third-order valence-electron chi connectivity index (χ3n) is 11.3. The van der Waals surface area contributed by atoms with Gasteiger partial charge in [0.1, 0.15) is 18.2 Å². The molecule has 7 rings (SSSR count). The first-order valence-electron chi connectivity index (χ1n) is 17.8. The number of amides is 2. The summed E-state index contributed by atoms with van der Waals surface area (Å²) in [5, 5.41) is 0.362. The summed E-state index contributed by atoms with van der Waals surface area (Å²) in [6.07, 6.45) is 8.23. The number of fused-ring (bicyclic) bond motifs is 4. The number of hydrogen-bond donors (Lipinski definition) is 1. The Bertz CT molecular complexity index is 1600. The van der Waals surface area contributed by atoms with Gasteiger partial charge in [-0.15, -0.1) is 0 Å². The van der Waals surface area contributed by atoms with Crippen LogP contribution in [0.25, 0.3) is 0 Å². The fraction of sp³-hybridized carbons (Fsp3) is 0.579. The van der Waals surface area contributed by atoms with Gasteiger partial charge in [-0.2, -0.15) is 0 Å². The van der Waals surface area contributed by atoms with Gasteiger partial charge < -0.3 is 24.0 Å². The van der Waals surface area contributed by atoms with E-state index in [-0.39, 0.29) is 46.5 Å². The topological polar surface area (TPSA) is 80.3 Å². The molecular weight excluding hydrogens is 665 g/mol. The number of carbonyl (C=O) groups excluding carboxylic acids is 2. The molecule has 3 heterocycles. The lowest BCUT2D eigenvalue weighted by Gasteiger charge is -2.47. The minimum absolute atomic E-state index is 0.0104. The van der Waals surface area contributed by atoms with E-state index in [2.05, 4.69) is 29.5 Å². The lowest BCUT2D eigenvalue weighted by atomic mass is 9.67. The van der Waals surface area contributed by atoms with E-state index in [0.717, 1.165) is 67.6 Å². The first-order valence-corrected chi connectivity index (χ1v) is 19.1. The van der Waals surface area contributed by atoms with Gasteiger partial charge in [-0.3, -0.25) is 14.3 Å². The van der Waals surface area contributed by atoms with Crippen molar-refractivity contribution in [3.8, 4) is 5.75 Å². The fourth-order valence-electron chi connectivity index (χ4n) is 8.38. The van der Waals surface area contributed by atoms with Gasteiger partial charge in [0.2, 0.25) is 5.91 Å². The minimum Gasteiger partial charge on any atom is -0.490 e. The summed E-state index contributed by atoms with van der Waals surface area (Å²) < 4.78 is 37.2. The van der Waals surface area contributed by atoms with E-state index >= 15 is 4.39 Å².